The minimum atomic E-state index is -5.22. The molecule has 1 unspecified atom stereocenters. The molecule has 0 aliphatic carbocycles. The first-order valence-electron chi connectivity index (χ1n) is 13.9. The van der Waals surface area contributed by atoms with Crippen LogP contribution in [-0.2, 0) is 23.9 Å². The molecular weight excluding hydrogens is 581 g/mol. The Morgan fingerprint density at radius 1 is 0.864 bits per heavy atom. The number of rotatable bonds is 16. The Hall–Kier alpha value is -4.94. The second kappa shape index (κ2) is 16.6. The van der Waals surface area contributed by atoms with Crippen LogP contribution in [-0.4, -0.2) is 59.2 Å². The molecule has 0 saturated heterocycles. The van der Waals surface area contributed by atoms with E-state index in [-0.39, 0.29) is 6.42 Å². The monoisotopic (exact) mass is 614 g/mol. The lowest BCUT2D eigenvalue weighted by molar-refractivity contribution is -0.199. The highest BCUT2D eigenvalue weighted by molar-refractivity contribution is 5.88. The summed E-state index contributed by atoms with van der Waals surface area (Å²) in [5.74, 6) is -4.34. The molecule has 1 aromatic heterocycles. The summed E-state index contributed by atoms with van der Waals surface area (Å²) in [5.41, 5.74) is 2.26. The van der Waals surface area contributed by atoms with Crippen LogP contribution in [0.4, 0.5) is 19.0 Å². The Kier molecular flexibility index (Phi) is 12.7. The van der Waals surface area contributed by atoms with Crippen LogP contribution in [0.3, 0.4) is 0 Å². The summed E-state index contributed by atoms with van der Waals surface area (Å²) in [6.45, 7) is -0.276. The van der Waals surface area contributed by atoms with Crippen LogP contribution >= 0.6 is 0 Å². The van der Waals surface area contributed by atoms with E-state index in [1.54, 1.807) is 42.6 Å². The van der Waals surface area contributed by atoms with Crippen molar-refractivity contribution in [2.45, 2.75) is 50.4 Å². The molecule has 0 aliphatic heterocycles. The molecule has 10 nitrogen and oxygen atoms in total. The Labute approximate surface area is 252 Å². The molecule has 2 amide bonds. The van der Waals surface area contributed by atoms with Crippen molar-refractivity contribution in [2.75, 3.05) is 18.5 Å². The Bertz CT molecular complexity index is 1370. The maximum absolute atomic E-state index is 13.2. The third kappa shape index (κ3) is 11.4. The summed E-state index contributed by atoms with van der Waals surface area (Å²) >= 11 is 0. The highest BCUT2D eigenvalue weighted by atomic mass is 19.4. The molecule has 13 heteroatoms. The molecule has 0 fully saturated rings. The molecule has 0 bridgehead atoms. The van der Waals surface area contributed by atoms with Crippen molar-refractivity contribution in [1.82, 2.24) is 15.6 Å². The molecule has 0 saturated carbocycles. The second-order valence-electron chi connectivity index (χ2n) is 9.79. The number of aliphatic carboxylic acids is 1. The summed E-state index contributed by atoms with van der Waals surface area (Å²) in [6.07, 6.45) is -3.52. The van der Waals surface area contributed by atoms with Gasteiger partial charge in [0.1, 0.15) is 11.9 Å². The maximum atomic E-state index is 13.2. The molecule has 2 aromatic carbocycles. The number of esters is 1. The zero-order valence-electron chi connectivity index (χ0n) is 23.7. The molecular formula is C31H33F3N4O6. The number of amides is 2. The number of carbonyl (C=O) groups excluding carboxylic acids is 3. The van der Waals surface area contributed by atoms with E-state index < -0.39 is 61.5 Å². The quantitative estimate of drug-likeness (QED) is 0.135. The van der Waals surface area contributed by atoms with Crippen LogP contribution < -0.4 is 16.0 Å². The fourth-order valence-electron chi connectivity index (χ4n) is 4.22. The fourth-order valence-corrected chi connectivity index (χ4v) is 4.22. The number of nitrogens with zero attached hydrogens (tertiary/aromatic N) is 1. The van der Waals surface area contributed by atoms with E-state index in [2.05, 4.69) is 25.7 Å². The topological polar surface area (TPSA) is 147 Å². The summed E-state index contributed by atoms with van der Waals surface area (Å²) < 4.78 is 42.0. The van der Waals surface area contributed by atoms with E-state index in [0.29, 0.717) is 30.8 Å². The Balaban J connectivity index is 1.64. The molecule has 44 heavy (non-hydrogen) atoms. The number of alkyl halides is 3. The van der Waals surface area contributed by atoms with Gasteiger partial charge in [-0.25, -0.2) is 9.78 Å². The molecule has 3 aromatic rings. The van der Waals surface area contributed by atoms with Crippen molar-refractivity contribution < 1.29 is 42.2 Å². The minimum absolute atomic E-state index is 0.00944. The largest absolute Gasteiger partial charge is 0.490 e. The highest BCUT2D eigenvalue weighted by Gasteiger charge is 2.41. The maximum Gasteiger partial charge on any atom is 0.490 e. The molecule has 234 valence electrons. The second-order valence-corrected chi connectivity index (χ2v) is 9.79. The van der Waals surface area contributed by atoms with Crippen molar-refractivity contribution >= 4 is 29.6 Å². The molecule has 2 atom stereocenters. The zero-order valence-corrected chi connectivity index (χ0v) is 23.7. The van der Waals surface area contributed by atoms with E-state index in [4.69, 9.17) is 0 Å². The van der Waals surface area contributed by atoms with Crippen LogP contribution in [0.15, 0.2) is 79.0 Å². The average molecular weight is 615 g/mol. The number of carboxylic acid groups (broad SMARTS) is 1. The normalized spacial score (nSPS) is 12.4. The first-order valence-corrected chi connectivity index (χ1v) is 13.9. The van der Waals surface area contributed by atoms with E-state index in [1.807, 2.05) is 36.4 Å². The van der Waals surface area contributed by atoms with Gasteiger partial charge in [-0.15, -0.1) is 0 Å². The molecule has 0 radical (unpaired) electrons. The third-order valence-corrected chi connectivity index (χ3v) is 6.44. The van der Waals surface area contributed by atoms with Gasteiger partial charge >= 0.3 is 18.1 Å². The van der Waals surface area contributed by atoms with Gasteiger partial charge in [-0.3, -0.25) is 14.4 Å². The lowest BCUT2D eigenvalue weighted by Gasteiger charge is -2.23. The van der Waals surface area contributed by atoms with Crippen LogP contribution in [0.5, 0.6) is 0 Å². The predicted molar refractivity (Wildman–Crippen MR) is 155 cm³/mol. The van der Waals surface area contributed by atoms with E-state index in [0.717, 1.165) is 11.1 Å². The number of anilines is 1. The summed E-state index contributed by atoms with van der Waals surface area (Å²) in [7, 11) is 0. The number of ether oxygens (including phenoxy) is 1. The van der Waals surface area contributed by atoms with E-state index in [9.17, 15) is 37.5 Å². The number of nitrogens with one attached hydrogen (secondary N) is 3. The average Bonchev–Trinajstić information content (AvgIpc) is 3.00. The molecule has 0 spiro atoms. The fraction of sp³-hybridized carbons (Fsp3) is 0.323. The SMILES string of the molecule is O=C(O)CC(NC(=O)[C@@H](CCOC(=O)C(F)(F)F)NC(=O)CCCCNc1ccccn1)c1ccc(-c2ccccc2)cc1. The van der Waals surface area contributed by atoms with Gasteiger partial charge in [0.05, 0.1) is 19.1 Å². The smallest absolute Gasteiger partial charge is 0.481 e. The molecule has 3 rings (SSSR count). The molecule has 0 aliphatic rings. The van der Waals surface area contributed by atoms with Crippen LogP contribution in [0.2, 0.25) is 0 Å². The number of carboxylic acids is 1. The Morgan fingerprint density at radius 2 is 1.55 bits per heavy atom. The van der Waals surface area contributed by atoms with Crippen molar-refractivity contribution in [2.24, 2.45) is 0 Å². The van der Waals surface area contributed by atoms with Gasteiger partial charge in [-0.05, 0) is 41.7 Å². The van der Waals surface area contributed by atoms with Gasteiger partial charge in [-0.1, -0.05) is 60.7 Å². The van der Waals surface area contributed by atoms with Crippen molar-refractivity contribution in [3.63, 3.8) is 0 Å². The number of pyridine rings is 1. The van der Waals surface area contributed by atoms with Crippen LogP contribution in [0.25, 0.3) is 11.1 Å². The number of aromatic nitrogens is 1. The van der Waals surface area contributed by atoms with E-state index >= 15 is 0 Å². The van der Waals surface area contributed by atoms with Crippen LogP contribution in [0, 0.1) is 0 Å². The number of unbranched alkanes of at least 4 members (excludes halogenated alkanes) is 1. The van der Waals surface area contributed by atoms with Gasteiger partial charge in [-0.2, -0.15) is 13.2 Å². The summed E-state index contributed by atoms with van der Waals surface area (Å²) in [6, 6.07) is 19.3. The van der Waals surface area contributed by atoms with Crippen LogP contribution in [0.1, 0.15) is 43.7 Å². The number of hydrogen-bond donors (Lipinski definition) is 4. The van der Waals surface area contributed by atoms with Gasteiger partial charge in [0.2, 0.25) is 11.8 Å². The summed E-state index contributed by atoms with van der Waals surface area (Å²) in [5, 5.41) is 17.6. The lowest BCUT2D eigenvalue weighted by atomic mass is 9.98. The first-order chi connectivity index (χ1) is 21.0. The zero-order chi connectivity index (χ0) is 32.0. The summed E-state index contributed by atoms with van der Waals surface area (Å²) in [4.78, 5) is 52.8. The van der Waals surface area contributed by atoms with Gasteiger partial charge < -0.3 is 25.8 Å². The molecule has 1 heterocycles. The number of hydrogen-bond acceptors (Lipinski definition) is 7. The van der Waals surface area contributed by atoms with E-state index in [1.165, 1.54) is 0 Å². The number of halogens is 3. The van der Waals surface area contributed by atoms with Crippen molar-refractivity contribution in [1.29, 1.82) is 0 Å². The minimum Gasteiger partial charge on any atom is -0.481 e. The van der Waals surface area contributed by atoms with Crippen molar-refractivity contribution in [3.05, 3.63) is 84.6 Å². The van der Waals surface area contributed by atoms with Gasteiger partial charge in [0.15, 0.2) is 0 Å². The first kappa shape index (κ1) is 33.6. The van der Waals surface area contributed by atoms with Gasteiger partial charge in [0.25, 0.3) is 0 Å². The number of carbonyl (C=O) groups is 4. The van der Waals surface area contributed by atoms with Gasteiger partial charge in [0, 0.05) is 25.6 Å². The third-order valence-electron chi connectivity index (χ3n) is 6.44. The number of benzene rings is 2. The Morgan fingerprint density at radius 3 is 2.18 bits per heavy atom. The standard InChI is InChI=1S/C31H33F3N4O6/c32-31(33,34)30(43)44-19-16-24(37-27(39)11-5-7-18-36-26-10-4-6-17-35-26)29(42)38-25(20-28(40)41)23-14-12-22(13-15-23)21-8-2-1-3-9-21/h1-4,6,8-10,12-15,17,24-25H,5,7,11,16,18-20H2,(H,35,36)(H,37,39)(H,38,42)(H,40,41)/t24-,25?/m1/s1. The lowest BCUT2D eigenvalue weighted by Crippen LogP contribution is -2.48. The van der Waals surface area contributed by atoms with Crippen molar-refractivity contribution in [3.8, 4) is 11.1 Å². The molecule has 4 N–H and O–H groups in total. The highest BCUT2D eigenvalue weighted by Crippen LogP contribution is 2.24. The predicted octanol–water partition coefficient (Wildman–Crippen LogP) is 4.64.